The highest BCUT2D eigenvalue weighted by Gasteiger charge is 2.09. The number of hydrogen-bond donors (Lipinski definition) is 1. The van der Waals surface area contributed by atoms with Gasteiger partial charge in [0.2, 0.25) is 5.95 Å². The molecule has 0 fully saturated rings. The predicted octanol–water partition coefficient (Wildman–Crippen LogP) is 3.24. The Bertz CT molecular complexity index is 539. The van der Waals surface area contributed by atoms with E-state index in [4.69, 9.17) is 0 Å². The van der Waals surface area contributed by atoms with Crippen molar-refractivity contribution in [1.82, 2.24) is 9.97 Å². The molecular weight excluding hydrogens is 248 g/mol. The van der Waals surface area contributed by atoms with Gasteiger partial charge in [0.05, 0.1) is 0 Å². The third-order valence-electron chi connectivity index (χ3n) is 3.10. The molecule has 2 rings (SSSR count). The minimum absolute atomic E-state index is 0.703. The van der Waals surface area contributed by atoms with E-state index in [0.29, 0.717) is 5.95 Å². The summed E-state index contributed by atoms with van der Waals surface area (Å²) in [6.07, 6.45) is 0. The van der Waals surface area contributed by atoms with Crippen molar-refractivity contribution in [1.29, 1.82) is 0 Å². The summed E-state index contributed by atoms with van der Waals surface area (Å²) in [5.41, 5.74) is 2.27. The zero-order valence-corrected chi connectivity index (χ0v) is 12.4. The van der Waals surface area contributed by atoms with Gasteiger partial charge in [-0.3, -0.25) is 0 Å². The van der Waals surface area contributed by atoms with Gasteiger partial charge in [0.1, 0.15) is 5.82 Å². The van der Waals surface area contributed by atoms with Crippen LogP contribution in [0, 0.1) is 6.92 Å². The lowest BCUT2D eigenvalue weighted by atomic mass is 10.2. The van der Waals surface area contributed by atoms with Gasteiger partial charge in [0.15, 0.2) is 0 Å². The molecule has 20 heavy (non-hydrogen) atoms. The van der Waals surface area contributed by atoms with Gasteiger partial charge in [-0.25, -0.2) is 4.98 Å². The van der Waals surface area contributed by atoms with Crippen LogP contribution in [0.25, 0.3) is 0 Å². The predicted molar refractivity (Wildman–Crippen MR) is 84.1 cm³/mol. The van der Waals surface area contributed by atoms with E-state index in [1.165, 1.54) is 5.56 Å². The number of nitrogens with zero attached hydrogens (tertiary/aromatic N) is 3. The topological polar surface area (TPSA) is 41.1 Å². The second kappa shape index (κ2) is 6.89. The Morgan fingerprint density at radius 1 is 1.10 bits per heavy atom. The van der Waals surface area contributed by atoms with Crippen molar-refractivity contribution in [2.45, 2.75) is 27.3 Å². The van der Waals surface area contributed by atoms with E-state index >= 15 is 0 Å². The molecule has 1 heterocycles. The zero-order chi connectivity index (χ0) is 14.4. The highest BCUT2D eigenvalue weighted by molar-refractivity contribution is 5.45. The molecule has 4 nitrogen and oxygen atoms in total. The first-order chi connectivity index (χ1) is 9.72. The summed E-state index contributed by atoms with van der Waals surface area (Å²) in [5.74, 6) is 1.67. The number of hydrogen-bond acceptors (Lipinski definition) is 4. The summed E-state index contributed by atoms with van der Waals surface area (Å²) >= 11 is 0. The maximum absolute atomic E-state index is 4.59. The molecule has 0 bridgehead atoms. The average molecular weight is 270 g/mol. The lowest BCUT2D eigenvalue weighted by Crippen LogP contribution is -2.23. The smallest absolute Gasteiger partial charge is 0.224 e. The molecule has 106 valence electrons. The number of anilines is 2. The van der Waals surface area contributed by atoms with Crippen molar-refractivity contribution in [3.8, 4) is 0 Å². The van der Waals surface area contributed by atoms with Gasteiger partial charge in [-0.05, 0) is 26.3 Å². The van der Waals surface area contributed by atoms with Crippen LogP contribution in [-0.4, -0.2) is 23.1 Å². The minimum atomic E-state index is 0.703. The van der Waals surface area contributed by atoms with Crippen molar-refractivity contribution in [2.75, 3.05) is 23.3 Å². The highest BCUT2D eigenvalue weighted by Crippen LogP contribution is 2.17. The SMILES string of the molecule is CCNc1nc(C)cc(N(CC)Cc2ccccc2)n1. The third kappa shape index (κ3) is 3.70. The van der Waals surface area contributed by atoms with E-state index in [1.807, 2.05) is 26.0 Å². The van der Waals surface area contributed by atoms with Gasteiger partial charge in [-0.15, -0.1) is 0 Å². The van der Waals surface area contributed by atoms with Gasteiger partial charge in [-0.1, -0.05) is 30.3 Å². The summed E-state index contributed by atoms with van der Waals surface area (Å²) in [4.78, 5) is 11.2. The lowest BCUT2D eigenvalue weighted by molar-refractivity contribution is 0.808. The lowest BCUT2D eigenvalue weighted by Gasteiger charge is -2.23. The van der Waals surface area contributed by atoms with E-state index in [0.717, 1.165) is 31.1 Å². The van der Waals surface area contributed by atoms with Gasteiger partial charge < -0.3 is 10.2 Å². The molecule has 0 atom stereocenters. The van der Waals surface area contributed by atoms with Crippen LogP contribution < -0.4 is 10.2 Å². The molecule has 1 aromatic heterocycles. The first-order valence-corrected chi connectivity index (χ1v) is 7.11. The molecular formula is C16H22N4. The maximum Gasteiger partial charge on any atom is 0.224 e. The summed E-state index contributed by atoms with van der Waals surface area (Å²) < 4.78 is 0. The monoisotopic (exact) mass is 270 g/mol. The number of nitrogens with one attached hydrogen (secondary N) is 1. The molecule has 0 spiro atoms. The van der Waals surface area contributed by atoms with E-state index in [1.54, 1.807) is 0 Å². The number of aryl methyl sites for hydroxylation is 1. The first kappa shape index (κ1) is 14.3. The molecule has 1 aromatic carbocycles. The van der Waals surface area contributed by atoms with E-state index in [9.17, 15) is 0 Å². The second-order valence-corrected chi connectivity index (χ2v) is 4.72. The van der Waals surface area contributed by atoms with Crippen LogP contribution in [0.2, 0.25) is 0 Å². The summed E-state index contributed by atoms with van der Waals surface area (Å²) in [6.45, 7) is 8.80. The van der Waals surface area contributed by atoms with Gasteiger partial charge in [0.25, 0.3) is 0 Å². The number of aromatic nitrogens is 2. The van der Waals surface area contributed by atoms with Gasteiger partial charge >= 0.3 is 0 Å². The Balaban J connectivity index is 2.22. The second-order valence-electron chi connectivity index (χ2n) is 4.72. The first-order valence-electron chi connectivity index (χ1n) is 7.11. The summed E-state index contributed by atoms with van der Waals surface area (Å²) in [6, 6.07) is 12.5. The van der Waals surface area contributed by atoms with Crippen LogP contribution in [0.5, 0.6) is 0 Å². The molecule has 2 aromatic rings. The number of rotatable bonds is 6. The fourth-order valence-electron chi connectivity index (χ4n) is 2.11. The molecule has 0 unspecified atom stereocenters. The fourth-order valence-corrected chi connectivity index (χ4v) is 2.11. The molecule has 0 radical (unpaired) electrons. The van der Waals surface area contributed by atoms with Crippen molar-refractivity contribution in [2.24, 2.45) is 0 Å². The molecule has 0 aliphatic rings. The van der Waals surface area contributed by atoms with Gasteiger partial charge in [0, 0.05) is 31.4 Å². The molecule has 1 N–H and O–H groups in total. The van der Waals surface area contributed by atoms with Crippen molar-refractivity contribution < 1.29 is 0 Å². The largest absolute Gasteiger partial charge is 0.354 e. The Morgan fingerprint density at radius 3 is 2.50 bits per heavy atom. The van der Waals surface area contributed by atoms with Gasteiger partial charge in [-0.2, -0.15) is 4.98 Å². The zero-order valence-electron chi connectivity index (χ0n) is 12.4. The third-order valence-corrected chi connectivity index (χ3v) is 3.10. The van der Waals surface area contributed by atoms with Crippen molar-refractivity contribution in [3.63, 3.8) is 0 Å². The minimum Gasteiger partial charge on any atom is -0.354 e. The van der Waals surface area contributed by atoms with Crippen molar-refractivity contribution in [3.05, 3.63) is 47.7 Å². The average Bonchev–Trinajstić information content (AvgIpc) is 2.45. The van der Waals surface area contributed by atoms with Crippen LogP contribution >= 0.6 is 0 Å². The van der Waals surface area contributed by atoms with Crippen LogP contribution in [0.15, 0.2) is 36.4 Å². The Morgan fingerprint density at radius 2 is 1.85 bits per heavy atom. The molecule has 0 aliphatic heterocycles. The van der Waals surface area contributed by atoms with Crippen molar-refractivity contribution >= 4 is 11.8 Å². The van der Waals surface area contributed by atoms with E-state index in [2.05, 4.69) is 51.4 Å². The normalized spacial score (nSPS) is 10.3. The molecule has 0 saturated carbocycles. The van der Waals surface area contributed by atoms with Crippen LogP contribution in [0.3, 0.4) is 0 Å². The van der Waals surface area contributed by atoms with E-state index < -0.39 is 0 Å². The molecule has 4 heteroatoms. The Labute approximate surface area is 120 Å². The Kier molecular flexibility index (Phi) is 4.93. The van der Waals surface area contributed by atoms with Crippen LogP contribution in [0.1, 0.15) is 25.1 Å². The highest BCUT2D eigenvalue weighted by atomic mass is 15.2. The summed E-state index contributed by atoms with van der Waals surface area (Å²) in [5, 5.41) is 3.18. The quantitative estimate of drug-likeness (QED) is 0.875. The number of benzene rings is 1. The molecule has 0 amide bonds. The van der Waals surface area contributed by atoms with E-state index in [-0.39, 0.29) is 0 Å². The summed E-state index contributed by atoms with van der Waals surface area (Å²) in [7, 11) is 0. The standard InChI is InChI=1S/C16H22N4/c1-4-17-16-18-13(3)11-15(19-16)20(5-2)12-14-9-7-6-8-10-14/h6-11H,4-5,12H2,1-3H3,(H,17,18,19). The maximum atomic E-state index is 4.59. The van der Waals surface area contributed by atoms with Crippen LogP contribution in [-0.2, 0) is 6.54 Å². The van der Waals surface area contributed by atoms with Crippen LogP contribution in [0.4, 0.5) is 11.8 Å². The molecule has 0 saturated heterocycles. The fraction of sp³-hybridized carbons (Fsp3) is 0.375. The molecule has 0 aliphatic carbocycles. The Hall–Kier alpha value is -2.10.